The molecule has 0 bridgehead atoms. The molecular weight excluding hydrogens is 340 g/mol. The second-order valence-corrected chi connectivity index (χ2v) is 5.58. The van der Waals surface area contributed by atoms with Crippen LogP contribution in [0.5, 0.6) is 0 Å². The molecule has 1 aromatic carbocycles. The largest absolute Gasteiger partial charge is 0.375 e. The second-order valence-electron chi connectivity index (χ2n) is 4.78. The predicted octanol–water partition coefficient (Wildman–Crippen LogP) is 4.43. The van der Waals surface area contributed by atoms with Crippen molar-refractivity contribution in [2.45, 2.75) is 40.3 Å². The molecule has 0 amide bonds. The quantitative estimate of drug-likeness (QED) is 0.857. The first-order valence-electron chi connectivity index (χ1n) is 6.92. The fourth-order valence-corrected chi connectivity index (χ4v) is 2.88. The van der Waals surface area contributed by atoms with E-state index in [0.717, 1.165) is 22.3 Å². The van der Waals surface area contributed by atoms with Crippen molar-refractivity contribution in [2.75, 3.05) is 5.32 Å². The number of hydrogen-bond acceptors (Lipinski definition) is 2. The van der Waals surface area contributed by atoms with Crippen LogP contribution in [0, 0.1) is 18.6 Å². The Morgan fingerprint density at radius 3 is 2.62 bits per heavy atom. The third-order valence-corrected chi connectivity index (χ3v) is 4.33. The van der Waals surface area contributed by atoms with Gasteiger partial charge in [-0.2, -0.15) is 5.10 Å². The van der Waals surface area contributed by atoms with E-state index in [1.165, 1.54) is 12.1 Å². The number of benzene rings is 1. The van der Waals surface area contributed by atoms with Crippen molar-refractivity contribution in [2.24, 2.45) is 0 Å². The molecule has 1 N–H and O–H groups in total. The van der Waals surface area contributed by atoms with Crippen LogP contribution in [-0.4, -0.2) is 9.78 Å². The highest BCUT2D eigenvalue weighted by molar-refractivity contribution is 9.10. The Morgan fingerprint density at radius 2 is 2.00 bits per heavy atom. The number of halogens is 3. The molecule has 21 heavy (non-hydrogen) atoms. The van der Waals surface area contributed by atoms with Crippen molar-refractivity contribution in [1.82, 2.24) is 9.78 Å². The van der Waals surface area contributed by atoms with Gasteiger partial charge in [-0.3, -0.25) is 4.68 Å². The zero-order valence-electron chi connectivity index (χ0n) is 12.3. The number of nitrogens with one attached hydrogen (secondary N) is 1. The van der Waals surface area contributed by atoms with Crippen LogP contribution >= 0.6 is 15.9 Å². The Labute approximate surface area is 131 Å². The van der Waals surface area contributed by atoms with Crippen LogP contribution in [0.1, 0.15) is 30.8 Å². The van der Waals surface area contributed by atoms with E-state index >= 15 is 0 Å². The first kappa shape index (κ1) is 15.9. The lowest BCUT2D eigenvalue weighted by atomic mass is 10.2. The standard InChI is InChI=1S/C15H18BrF2N3/c1-4-11-13(16)12(21(5-2)20-11)8-19-15-10(17)7-6-9(3)14(15)18/h6-7,19H,4-5,8H2,1-3H3. The first-order chi connectivity index (χ1) is 9.99. The van der Waals surface area contributed by atoms with Crippen LogP contribution < -0.4 is 5.32 Å². The Hall–Kier alpha value is -1.43. The van der Waals surface area contributed by atoms with Crippen molar-refractivity contribution < 1.29 is 8.78 Å². The maximum absolute atomic E-state index is 14.0. The van der Waals surface area contributed by atoms with Gasteiger partial charge in [0, 0.05) is 6.54 Å². The molecule has 3 nitrogen and oxygen atoms in total. The Balaban J connectivity index is 2.29. The van der Waals surface area contributed by atoms with Gasteiger partial charge in [-0.15, -0.1) is 0 Å². The van der Waals surface area contributed by atoms with E-state index in [4.69, 9.17) is 0 Å². The van der Waals surface area contributed by atoms with E-state index in [1.807, 2.05) is 18.5 Å². The van der Waals surface area contributed by atoms with Crippen LogP contribution in [-0.2, 0) is 19.5 Å². The number of aryl methyl sites for hydroxylation is 3. The SMILES string of the molecule is CCc1nn(CC)c(CNc2c(F)ccc(C)c2F)c1Br. The molecular formula is C15H18BrF2N3. The van der Waals surface area contributed by atoms with E-state index in [-0.39, 0.29) is 5.69 Å². The van der Waals surface area contributed by atoms with Gasteiger partial charge in [-0.25, -0.2) is 8.78 Å². The maximum Gasteiger partial charge on any atom is 0.152 e. The molecule has 114 valence electrons. The minimum atomic E-state index is -0.590. The van der Waals surface area contributed by atoms with E-state index in [1.54, 1.807) is 6.92 Å². The topological polar surface area (TPSA) is 29.9 Å². The molecule has 0 atom stereocenters. The average molecular weight is 358 g/mol. The number of nitrogens with zero attached hydrogens (tertiary/aromatic N) is 2. The fraction of sp³-hybridized carbons (Fsp3) is 0.400. The van der Waals surface area contributed by atoms with Crippen LogP contribution in [0.4, 0.5) is 14.5 Å². The molecule has 2 aromatic rings. The summed E-state index contributed by atoms with van der Waals surface area (Å²) < 4.78 is 30.5. The molecule has 0 aliphatic rings. The smallest absolute Gasteiger partial charge is 0.152 e. The lowest BCUT2D eigenvalue weighted by Gasteiger charge is -2.11. The maximum atomic E-state index is 14.0. The monoisotopic (exact) mass is 357 g/mol. The van der Waals surface area contributed by atoms with Gasteiger partial charge in [0.25, 0.3) is 0 Å². The van der Waals surface area contributed by atoms with Crippen LogP contribution in [0.25, 0.3) is 0 Å². The summed E-state index contributed by atoms with van der Waals surface area (Å²) in [5.41, 5.74) is 2.15. The van der Waals surface area contributed by atoms with Crippen molar-refractivity contribution in [3.63, 3.8) is 0 Å². The number of hydrogen-bond donors (Lipinski definition) is 1. The molecule has 0 radical (unpaired) electrons. The van der Waals surface area contributed by atoms with E-state index in [9.17, 15) is 8.78 Å². The van der Waals surface area contributed by atoms with Gasteiger partial charge in [0.2, 0.25) is 0 Å². The molecule has 0 unspecified atom stereocenters. The lowest BCUT2D eigenvalue weighted by molar-refractivity contribution is 0.579. The molecule has 0 spiro atoms. The summed E-state index contributed by atoms with van der Waals surface area (Å²) in [4.78, 5) is 0. The minimum Gasteiger partial charge on any atom is -0.375 e. The van der Waals surface area contributed by atoms with Gasteiger partial charge in [0.15, 0.2) is 5.82 Å². The van der Waals surface area contributed by atoms with E-state index < -0.39 is 11.6 Å². The van der Waals surface area contributed by atoms with Gasteiger partial charge in [-0.1, -0.05) is 13.0 Å². The highest BCUT2D eigenvalue weighted by atomic mass is 79.9. The van der Waals surface area contributed by atoms with Crippen LogP contribution in [0.3, 0.4) is 0 Å². The zero-order chi connectivity index (χ0) is 15.6. The summed E-state index contributed by atoms with van der Waals surface area (Å²) in [6.45, 7) is 6.62. The first-order valence-corrected chi connectivity index (χ1v) is 7.71. The number of anilines is 1. The van der Waals surface area contributed by atoms with Crippen molar-refractivity contribution >= 4 is 21.6 Å². The number of aromatic nitrogens is 2. The van der Waals surface area contributed by atoms with Gasteiger partial charge in [-0.05, 0) is 47.8 Å². The van der Waals surface area contributed by atoms with Gasteiger partial charge >= 0.3 is 0 Å². The predicted molar refractivity (Wildman–Crippen MR) is 83.4 cm³/mol. The lowest BCUT2D eigenvalue weighted by Crippen LogP contribution is -2.10. The number of rotatable bonds is 5. The Morgan fingerprint density at radius 1 is 1.29 bits per heavy atom. The average Bonchev–Trinajstić information content (AvgIpc) is 2.79. The molecule has 2 rings (SSSR count). The molecule has 0 aliphatic carbocycles. The van der Waals surface area contributed by atoms with Crippen LogP contribution in [0.15, 0.2) is 16.6 Å². The molecule has 0 saturated carbocycles. The summed E-state index contributed by atoms with van der Waals surface area (Å²) >= 11 is 3.52. The van der Waals surface area contributed by atoms with Crippen molar-refractivity contribution in [3.05, 3.63) is 45.2 Å². The van der Waals surface area contributed by atoms with Gasteiger partial charge < -0.3 is 5.32 Å². The third-order valence-electron chi connectivity index (χ3n) is 3.41. The molecule has 1 heterocycles. The highest BCUT2D eigenvalue weighted by Gasteiger charge is 2.16. The fourth-order valence-electron chi connectivity index (χ4n) is 2.18. The summed E-state index contributed by atoms with van der Waals surface area (Å²) in [7, 11) is 0. The summed E-state index contributed by atoms with van der Waals surface area (Å²) in [6.07, 6.45) is 0.799. The zero-order valence-corrected chi connectivity index (χ0v) is 13.9. The van der Waals surface area contributed by atoms with E-state index in [0.29, 0.717) is 18.7 Å². The van der Waals surface area contributed by atoms with Gasteiger partial charge in [0.05, 0.1) is 22.4 Å². The molecule has 0 aliphatic heterocycles. The Bertz CT molecular complexity index is 653. The summed E-state index contributed by atoms with van der Waals surface area (Å²) in [5, 5.41) is 7.31. The van der Waals surface area contributed by atoms with Crippen molar-refractivity contribution in [3.8, 4) is 0 Å². The minimum absolute atomic E-state index is 0.0937. The highest BCUT2D eigenvalue weighted by Crippen LogP contribution is 2.26. The third kappa shape index (κ3) is 3.10. The molecule has 6 heteroatoms. The normalized spacial score (nSPS) is 11.0. The summed E-state index contributed by atoms with van der Waals surface area (Å²) in [5.74, 6) is -1.14. The van der Waals surface area contributed by atoms with Gasteiger partial charge in [0.1, 0.15) is 11.5 Å². The Kier molecular flexibility index (Phi) is 4.98. The summed E-state index contributed by atoms with van der Waals surface area (Å²) in [6, 6.07) is 2.70. The van der Waals surface area contributed by atoms with E-state index in [2.05, 4.69) is 26.3 Å². The second kappa shape index (κ2) is 6.56. The van der Waals surface area contributed by atoms with Crippen molar-refractivity contribution in [1.29, 1.82) is 0 Å². The van der Waals surface area contributed by atoms with Crippen LogP contribution in [0.2, 0.25) is 0 Å². The molecule has 1 aromatic heterocycles. The molecule has 0 fully saturated rings. The molecule has 0 saturated heterocycles.